The van der Waals surface area contributed by atoms with Gasteiger partial charge in [-0.15, -0.1) is 0 Å². The first-order chi connectivity index (χ1) is 13.3. The van der Waals surface area contributed by atoms with Crippen LogP contribution in [0.25, 0.3) is 0 Å². The molecule has 152 valence electrons. The summed E-state index contributed by atoms with van der Waals surface area (Å²) in [4.78, 5) is 27.9. The molecule has 0 radical (unpaired) electrons. The molecule has 2 aromatic rings. The summed E-state index contributed by atoms with van der Waals surface area (Å²) in [5, 5.41) is 3.14. The number of hydrogen-bond acceptors (Lipinski definition) is 7. The Labute approximate surface area is 164 Å². The monoisotopic (exact) mass is 390 g/mol. The van der Waals surface area contributed by atoms with Crippen LogP contribution in [0.4, 0.5) is 5.69 Å². The van der Waals surface area contributed by atoms with Crippen LogP contribution in [0.5, 0.6) is 17.2 Å². The minimum Gasteiger partial charge on any atom is -0.493 e. The second kappa shape index (κ2) is 8.69. The highest BCUT2D eigenvalue weighted by atomic mass is 16.5. The smallest absolute Gasteiger partial charge is 0.339 e. The lowest BCUT2D eigenvalue weighted by atomic mass is 10.0. The maximum Gasteiger partial charge on any atom is 0.339 e. The van der Waals surface area contributed by atoms with Crippen LogP contribution < -0.4 is 19.5 Å². The minimum atomic E-state index is -0.579. The molecule has 0 aliphatic carbocycles. The van der Waals surface area contributed by atoms with Gasteiger partial charge >= 0.3 is 5.97 Å². The summed E-state index contributed by atoms with van der Waals surface area (Å²) in [5.74, 6) is 0.751. The molecule has 0 bridgehead atoms. The maximum absolute atomic E-state index is 12.9. The molecule has 1 aromatic heterocycles. The van der Waals surface area contributed by atoms with Crippen LogP contribution in [-0.2, 0) is 4.74 Å². The van der Waals surface area contributed by atoms with Crippen LogP contribution in [-0.4, -0.2) is 51.2 Å². The van der Waals surface area contributed by atoms with E-state index in [1.807, 2.05) is 0 Å². The van der Waals surface area contributed by atoms with Gasteiger partial charge in [-0.25, -0.2) is 4.79 Å². The number of ketones is 1. The fourth-order valence-corrected chi connectivity index (χ4v) is 3.10. The molecule has 1 aromatic carbocycles. The van der Waals surface area contributed by atoms with E-state index in [4.69, 9.17) is 18.9 Å². The highest BCUT2D eigenvalue weighted by Gasteiger charge is 2.26. The summed E-state index contributed by atoms with van der Waals surface area (Å²) in [6.07, 6.45) is 0. The summed E-state index contributed by atoms with van der Waals surface area (Å²) < 4.78 is 20.8. The zero-order valence-electron chi connectivity index (χ0n) is 17.2. The number of anilines is 1. The minimum absolute atomic E-state index is 0.190. The molecule has 0 saturated heterocycles. The number of carbonyl (C=O) groups is 2. The number of ether oxygens (including phenoxy) is 4. The second-order valence-electron chi connectivity index (χ2n) is 6.26. The van der Waals surface area contributed by atoms with Crippen LogP contribution in [0.15, 0.2) is 12.1 Å². The number of rotatable bonds is 8. The molecule has 1 atom stereocenters. The van der Waals surface area contributed by atoms with Gasteiger partial charge in [-0.2, -0.15) is 0 Å². The van der Waals surface area contributed by atoms with Gasteiger partial charge in [0.15, 0.2) is 11.5 Å². The first-order valence-corrected chi connectivity index (χ1v) is 8.67. The molecule has 0 aliphatic rings. The molecule has 28 heavy (non-hydrogen) atoms. The summed E-state index contributed by atoms with van der Waals surface area (Å²) in [7, 11) is 5.88. The van der Waals surface area contributed by atoms with Crippen molar-refractivity contribution in [2.75, 3.05) is 33.8 Å². The van der Waals surface area contributed by atoms with E-state index in [1.165, 1.54) is 28.4 Å². The Kier molecular flexibility index (Phi) is 6.56. The third-order valence-electron chi connectivity index (χ3n) is 4.51. The molecule has 0 saturated carbocycles. The Bertz CT molecular complexity index is 862. The van der Waals surface area contributed by atoms with Crippen LogP contribution in [0, 0.1) is 13.8 Å². The molecule has 0 unspecified atom stereocenters. The van der Waals surface area contributed by atoms with E-state index in [-0.39, 0.29) is 5.78 Å². The van der Waals surface area contributed by atoms with Crippen molar-refractivity contribution in [1.29, 1.82) is 0 Å². The van der Waals surface area contributed by atoms with Crippen molar-refractivity contribution in [1.82, 2.24) is 4.98 Å². The number of methoxy groups -OCH3 is 4. The van der Waals surface area contributed by atoms with Crippen molar-refractivity contribution in [2.24, 2.45) is 0 Å². The fourth-order valence-electron chi connectivity index (χ4n) is 3.10. The van der Waals surface area contributed by atoms with Crippen molar-refractivity contribution >= 4 is 17.4 Å². The molecule has 1 heterocycles. The van der Waals surface area contributed by atoms with Gasteiger partial charge in [-0.1, -0.05) is 0 Å². The standard InChI is InChI=1S/C20H26N2O6/c1-10-16(20(24)28-7)11(2)22-17(10)18(23)12(3)21-13-8-14(25-4)19(27-6)15(9-13)26-5/h8-9,12,21-22H,1-7H3/t12-/m0/s1. The van der Waals surface area contributed by atoms with Crippen molar-refractivity contribution in [3.63, 3.8) is 0 Å². The van der Waals surface area contributed by atoms with Gasteiger partial charge in [0.05, 0.1) is 45.7 Å². The Morgan fingerprint density at radius 1 is 1.00 bits per heavy atom. The van der Waals surface area contributed by atoms with E-state index >= 15 is 0 Å². The van der Waals surface area contributed by atoms with E-state index < -0.39 is 12.0 Å². The Hall–Kier alpha value is -3.16. The van der Waals surface area contributed by atoms with Gasteiger partial charge in [-0.3, -0.25) is 4.79 Å². The zero-order chi connectivity index (χ0) is 21.0. The van der Waals surface area contributed by atoms with Gasteiger partial charge in [-0.05, 0) is 26.3 Å². The Morgan fingerprint density at radius 3 is 2.04 bits per heavy atom. The molecule has 2 rings (SSSR count). The SMILES string of the molecule is COC(=O)c1c(C)[nH]c(C(=O)[C@H](C)Nc2cc(OC)c(OC)c(OC)c2)c1C. The van der Waals surface area contributed by atoms with Gasteiger partial charge in [0, 0.05) is 23.5 Å². The predicted molar refractivity (Wildman–Crippen MR) is 105 cm³/mol. The van der Waals surface area contributed by atoms with E-state index in [2.05, 4.69) is 10.3 Å². The fraction of sp³-hybridized carbons (Fsp3) is 0.400. The third kappa shape index (κ3) is 3.90. The second-order valence-corrected chi connectivity index (χ2v) is 6.26. The van der Waals surface area contributed by atoms with Gasteiger partial charge < -0.3 is 29.2 Å². The molecule has 2 N–H and O–H groups in total. The first-order valence-electron chi connectivity index (χ1n) is 8.67. The summed E-state index contributed by atoms with van der Waals surface area (Å²) in [5.41, 5.74) is 2.53. The number of nitrogens with one attached hydrogen (secondary N) is 2. The highest BCUT2D eigenvalue weighted by molar-refractivity contribution is 6.04. The lowest BCUT2D eigenvalue weighted by molar-refractivity contribution is 0.0599. The zero-order valence-corrected chi connectivity index (χ0v) is 17.2. The third-order valence-corrected chi connectivity index (χ3v) is 4.51. The van der Waals surface area contributed by atoms with Crippen molar-refractivity contribution in [3.8, 4) is 17.2 Å². The number of esters is 1. The molecular weight excluding hydrogens is 364 g/mol. The van der Waals surface area contributed by atoms with E-state index in [0.29, 0.717) is 45.5 Å². The topological polar surface area (TPSA) is 98.9 Å². The Balaban J connectivity index is 2.32. The normalized spacial score (nSPS) is 11.5. The summed E-state index contributed by atoms with van der Waals surface area (Å²) >= 11 is 0. The predicted octanol–water partition coefficient (Wildman–Crippen LogP) is 3.13. The lowest BCUT2D eigenvalue weighted by Crippen LogP contribution is -2.27. The van der Waals surface area contributed by atoms with Crippen LogP contribution in [0.3, 0.4) is 0 Å². The van der Waals surface area contributed by atoms with Crippen molar-refractivity contribution < 1.29 is 28.5 Å². The largest absolute Gasteiger partial charge is 0.493 e. The summed E-state index contributed by atoms with van der Waals surface area (Å²) in [6.45, 7) is 5.18. The van der Waals surface area contributed by atoms with Crippen LogP contribution in [0.2, 0.25) is 0 Å². The molecule has 0 aliphatic heterocycles. The number of hydrogen-bond donors (Lipinski definition) is 2. The molecular formula is C20H26N2O6. The van der Waals surface area contributed by atoms with Gasteiger partial charge in [0.25, 0.3) is 0 Å². The Morgan fingerprint density at radius 2 is 1.57 bits per heavy atom. The number of benzene rings is 1. The molecule has 0 fully saturated rings. The molecule has 0 amide bonds. The van der Waals surface area contributed by atoms with Gasteiger partial charge in [0.1, 0.15) is 0 Å². The van der Waals surface area contributed by atoms with E-state index in [9.17, 15) is 9.59 Å². The summed E-state index contributed by atoms with van der Waals surface area (Å²) in [6, 6.07) is 2.86. The van der Waals surface area contributed by atoms with Gasteiger partial charge in [0.2, 0.25) is 11.5 Å². The molecule has 0 spiro atoms. The highest BCUT2D eigenvalue weighted by Crippen LogP contribution is 2.40. The number of Topliss-reactive ketones (excluding diaryl/α,β-unsaturated/α-hetero) is 1. The average molecular weight is 390 g/mol. The molecule has 8 nitrogen and oxygen atoms in total. The number of aryl methyl sites for hydroxylation is 1. The number of carbonyl (C=O) groups excluding carboxylic acids is 2. The van der Waals surface area contributed by atoms with Crippen molar-refractivity contribution in [3.05, 3.63) is 34.6 Å². The quantitative estimate of drug-likeness (QED) is 0.528. The number of aromatic amines is 1. The van der Waals surface area contributed by atoms with E-state index in [0.717, 1.165) is 0 Å². The van der Waals surface area contributed by atoms with Crippen molar-refractivity contribution in [2.45, 2.75) is 26.8 Å². The van der Waals surface area contributed by atoms with Crippen LogP contribution >= 0.6 is 0 Å². The maximum atomic E-state index is 12.9. The number of aromatic nitrogens is 1. The average Bonchev–Trinajstić information content (AvgIpc) is 2.99. The molecule has 8 heteroatoms. The number of H-pyrrole nitrogens is 1. The van der Waals surface area contributed by atoms with Crippen LogP contribution in [0.1, 0.15) is 39.0 Å². The lowest BCUT2D eigenvalue weighted by Gasteiger charge is -2.18. The van der Waals surface area contributed by atoms with E-state index in [1.54, 1.807) is 32.9 Å². The first kappa shape index (κ1) is 21.1.